The van der Waals surface area contributed by atoms with Gasteiger partial charge in [-0.2, -0.15) is 5.10 Å². The highest BCUT2D eigenvalue weighted by molar-refractivity contribution is 7.19. The minimum Gasteiger partial charge on any atom is -0.481 e. The van der Waals surface area contributed by atoms with E-state index in [-0.39, 0.29) is 5.92 Å². The lowest BCUT2D eigenvalue weighted by atomic mass is 9.88. The van der Waals surface area contributed by atoms with Crippen LogP contribution in [-0.2, 0) is 17.6 Å². The summed E-state index contributed by atoms with van der Waals surface area (Å²) >= 11 is 7.97. The molecule has 4 aromatic rings. The summed E-state index contributed by atoms with van der Waals surface area (Å²) in [5.74, 6) is -0.369. The van der Waals surface area contributed by atoms with Gasteiger partial charge in [-0.1, -0.05) is 11.6 Å². The number of aromatic nitrogens is 4. The van der Waals surface area contributed by atoms with Crippen LogP contribution < -0.4 is 5.32 Å². The van der Waals surface area contributed by atoms with Gasteiger partial charge in [0.25, 0.3) is 0 Å². The zero-order chi connectivity index (χ0) is 18.5. The van der Waals surface area contributed by atoms with Crippen LogP contribution in [0, 0.1) is 5.92 Å². The molecular formula is C18H14ClN5O2S. The Hall–Kier alpha value is -2.71. The monoisotopic (exact) mass is 399 g/mol. The summed E-state index contributed by atoms with van der Waals surface area (Å²) in [5.41, 5.74) is 2.76. The number of nitrogens with zero attached hydrogens (tertiary/aromatic N) is 3. The molecule has 0 amide bonds. The first-order valence-corrected chi connectivity index (χ1v) is 9.67. The standard InChI is InChI=1S/C18H14ClN5O2S/c19-11-5-12-9(6-22-24-12)3-13(11)23-16-15-10-2-1-8(18(25)26)4-14(10)27-17(15)21-7-20-16/h3,5-8H,1-2,4H2,(H,22,24)(H,25,26)(H,20,21,23)/t8-/m0/s1. The van der Waals surface area contributed by atoms with E-state index in [0.717, 1.165) is 37.2 Å². The normalized spacial score (nSPS) is 16.6. The molecular weight excluding hydrogens is 386 g/mol. The first-order valence-electron chi connectivity index (χ1n) is 8.48. The maximum Gasteiger partial charge on any atom is 0.306 e. The van der Waals surface area contributed by atoms with Gasteiger partial charge in [0.2, 0.25) is 0 Å². The number of thiophene rings is 1. The summed E-state index contributed by atoms with van der Waals surface area (Å²) in [5, 5.41) is 22.1. The Bertz CT molecular complexity index is 1200. The SMILES string of the molecule is O=C(O)[C@H]1CCc2c(sc3ncnc(Nc4cc5cn[nH]c5cc4Cl)c23)C1. The number of aryl methyl sites for hydroxylation is 1. The third kappa shape index (κ3) is 2.72. The zero-order valence-corrected chi connectivity index (χ0v) is 15.6. The number of rotatable bonds is 3. The molecule has 0 aliphatic heterocycles. The molecule has 0 bridgehead atoms. The van der Waals surface area contributed by atoms with Crippen molar-refractivity contribution in [2.24, 2.45) is 5.92 Å². The quantitative estimate of drug-likeness (QED) is 0.478. The molecule has 1 aliphatic rings. The summed E-state index contributed by atoms with van der Waals surface area (Å²) in [7, 11) is 0. The van der Waals surface area contributed by atoms with Gasteiger partial charge in [-0.05, 0) is 37.0 Å². The second kappa shape index (κ2) is 6.17. The van der Waals surface area contributed by atoms with Crippen LogP contribution in [0.15, 0.2) is 24.7 Å². The number of aliphatic carboxylic acids is 1. The van der Waals surface area contributed by atoms with Crippen LogP contribution in [0.4, 0.5) is 11.5 Å². The first-order chi connectivity index (χ1) is 13.1. The van der Waals surface area contributed by atoms with Crippen LogP contribution in [0.1, 0.15) is 16.9 Å². The molecule has 3 aromatic heterocycles. The summed E-state index contributed by atoms with van der Waals surface area (Å²) in [4.78, 5) is 22.1. The first kappa shape index (κ1) is 16.5. The number of hydrogen-bond donors (Lipinski definition) is 3. The minimum absolute atomic E-state index is 0.326. The van der Waals surface area contributed by atoms with Crippen LogP contribution in [0.25, 0.3) is 21.1 Å². The molecule has 0 saturated carbocycles. The topological polar surface area (TPSA) is 104 Å². The van der Waals surface area contributed by atoms with E-state index in [2.05, 4.69) is 25.5 Å². The molecule has 0 unspecified atom stereocenters. The van der Waals surface area contributed by atoms with E-state index in [1.807, 2.05) is 12.1 Å². The van der Waals surface area contributed by atoms with Gasteiger partial charge in [0.1, 0.15) is 17.0 Å². The molecule has 136 valence electrons. The van der Waals surface area contributed by atoms with Crippen molar-refractivity contribution in [2.75, 3.05) is 5.32 Å². The van der Waals surface area contributed by atoms with Crippen molar-refractivity contribution in [3.05, 3.63) is 40.1 Å². The average Bonchev–Trinajstić information content (AvgIpc) is 3.25. The van der Waals surface area contributed by atoms with Crippen molar-refractivity contribution in [3.63, 3.8) is 0 Å². The van der Waals surface area contributed by atoms with Crippen LogP contribution in [0.2, 0.25) is 5.02 Å². The average molecular weight is 400 g/mol. The second-order valence-corrected chi connectivity index (χ2v) is 8.09. The number of aromatic amines is 1. The molecule has 9 heteroatoms. The molecule has 27 heavy (non-hydrogen) atoms. The van der Waals surface area contributed by atoms with Gasteiger partial charge in [-0.25, -0.2) is 9.97 Å². The molecule has 1 aliphatic carbocycles. The van der Waals surface area contributed by atoms with E-state index in [9.17, 15) is 9.90 Å². The lowest BCUT2D eigenvalue weighted by Gasteiger charge is -2.18. The van der Waals surface area contributed by atoms with Gasteiger partial charge >= 0.3 is 5.97 Å². The van der Waals surface area contributed by atoms with E-state index in [1.54, 1.807) is 17.5 Å². The van der Waals surface area contributed by atoms with Crippen molar-refractivity contribution in [3.8, 4) is 0 Å². The number of halogens is 1. The van der Waals surface area contributed by atoms with E-state index >= 15 is 0 Å². The Morgan fingerprint density at radius 3 is 3.11 bits per heavy atom. The van der Waals surface area contributed by atoms with Crippen molar-refractivity contribution in [1.29, 1.82) is 0 Å². The van der Waals surface area contributed by atoms with Crippen molar-refractivity contribution in [2.45, 2.75) is 19.3 Å². The highest BCUT2D eigenvalue weighted by Crippen LogP contribution is 2.41. The highest BCUT2D eigenvalue weighted by atomic mass is 35.5. The summed E-state index contributed by atoms with van der Waals surface area (Å²) in [6, 6.07) is 3.75. The lowest BCUT2D eigenvalue weighted by molar-refractivity contribution is -0.142. The number of carbonyl (C=O) groups is 1. The molecule has 3 N–H and O–H groups in total. The predicted molar refractivity (Wildman–Crippen MR) is 105 cm³/mol. The number of carboxylic acids is 1. The van der Waals surface area contributed by atoms with E-state index in [4.69, 9.17) is 11.6 Å². The number of carboxylic acid groups (broad SMARTS) is 1. The fourth-order valence-electron chi connectivity index (χ4n) is 3.60. The van der Waals surface area contributed by atoms with Gasteiger partial charge in [0, 0.05) is 10.3 Å². The zero-order valence-electron chi connectivity index (χ0n) is 14.0. The van der Waals surface area contributed by atoms with Gasteiger partial charge in [-0.15, -0.1) is 11.3 Å². The largest absolute Gasteiger partial charge is 0.481 e. The summed E-state index contributed by atoms with van der Waals surface area (Å²) < 4.78 is 0. The van der Waals surface area contributed by atoms with Gasteiger partial charge in [0.15, 0.2) is 0 Å². The maximum atomic E-state index is 11.4. The fourth-order valence-corrected chi connectivity index (χ4v) is 5.08. The van der Waals surface area contributed by atoms with Gasteiger partial charge < -0.3 is 10.4 Å². The van der Waals surface area contributed by atoms with E-state index in [0.29, 0.717) is 30.1 Å². The molecule has 0 radical (unpaired) electrons. The Morgan fingerprint density at radius 1 is 1.37 bits per heavy atom. The van der Waals surface area contributed by atoms with Gasteiger partial charge in [-0.3, -0.25) is 9.89 Å². The fraction of sp³-hybridized carbons (Fsp3) is 0.222. The third-order valence-corrected chi connectivity index (χ3v) is 6.45. The van der Waals surface area contributed by atoms with Crippen molar-refractivity contribution in [1.82, 2.24) is 20.2 Å². The Kier molecular flexibility index (Phi) is 3.76. The molecule has 0 saturated heterocycles. The molecule has 1 atom stereocenters. The smallest absolute Gasteiger partial charge is 0.306 e. The number of nitrogens with one attached hydrogen (secondary N) is 2. The maximum absolute atomic E-state index is 11.4. The second-order valence-electron chi connectivity index (χ2n) is 6.60. The highest BCUT2D eigenvalue weighted by Gasteiger charge is 2.28. The van der Waals surface area contributed by atoms with Crippen LogP contribution >= 0.6 is 22.9 Å². The number of H-pyrrole nitrogens is 1. The Labute approximate surface area is 162 Å². The lowest BCUT2D eigenvalue weighted by Crippen LogP contribution is -2.21. The molecule has 7 nitrogen and oxygen atoms in total. The van der Waals surface area contributed by atoms with Crippen molar-refractivity contribution >= 4 is 61.5 Å². The number of fused-ring (bicyclic) bond motifs is 4. The van der Waals surface area contributed by atoms with Crippen LogP contribution in [-0.4, -0.2) is 31.2 Å². The van der Waals surface area contributed by atoms with Crippen molar-refractivity contribution < 1.29 is 9.90 Å². The molecule has 3 heterocycles. The van der Waals surface area contributed by atoms with E-state index < -0.39 is 5.97 Å². The number of benzene rings is 1. The van der Waals surface area contributed by atoms with Crippen LogP contribution in [0.3, 0.4) is 0 Å². The molecule has 0 spiro atoms. The van der Waals surface area contributed by atoms with Crippen LogP contribution in [0.5, 0.6) is 0 Å². The molecule has 1 aromatic carbocycles. The Balaban J connectivity index is 1.59. The number of anilines is 2. The Morgan fingerprint density at radius 2 is 2.26 bits per heavy atom. The van der Waals surface area contributed by atoms with Gasteiger partial charge in [0.05, 0.1) is 33.7 Å². The molecule has 0 fully saturated rings. The molecule has 5 rings (SSSR count). The summed E-state index contributed by atoms with van der Waals surface area (Å²) in [6.45, 7) is 0. The predicted octanol–water partition coefficient (Wildman–Crippen LogP) is 4.15. The third-order valence-electron chi connectivity index (χ3n) is 4.98. The number of hydrogen-bond acceptors (Lipinski definition) is 6. The van der Waals surface area contributed by atoms with E-state index in [1.165, 1.54) is 6.33 Å². The minimum atomic E-state index is -0.734. The summed E-state index contributed by atoms with van der Waals surface area (Å²) in [6.07, 6.45) is 5.15.